The van der Waals surface area contributed by atoms with Gasteiger partial charge < -0.3 is 15.0 Å². The molecule has 0 fully saturated rings. The zero-order valence-electron chi connectivity index (χ0n) is 21.8. The molecule has 7 heteroatoms. The van der Waals surface area contributed by atoms with Crippen molar-refractivity contribution in [2.45, 2.75) is 59.2 Å². The molecule has 5 nitrogen and oxygen atoms in total. The number of rotatable bonds is 11. The van der Waals surface area contributed by atoms with Crippen LogP contribution < -0.4 is 10.1 Å². The van der Waals surface area contributed by atoms with E-state index in [4.69, 9.17) is 16.3 Å². The van der Waals surface area contributed by atoms with Gasteiger partial charge in [-0.3, -0.25) is 9.59 Å². The van der Waals surface area contributed by atoms with Gasteiger partial charge in [0.2, 0.25) is 5.91 Å². The van der Waals surface area contributed by atoms with Gasteiger partial charge in [0.05, 0.1) is 0 Å². The standard InChI is InChI=1S/C30H34BrClN2O3/c1-5-22(4)33-30(36)27(17-23-10-7-6-8-11-23)34(18-24-12-9-13-25(31)16-24)28(35)19-37-26-14-20(2)29(32)21(3)15-26/h6-16,22,27H,5,17-19H2,1-4H3,(H,33,36)/t22-,27+/m1/s1. The minimum atomic E-state index is -0.708. The largest absolute Gasteiger partial charge is 0.484 e. The van der Waals surface area contributed by atoms with Crippen molar-refractivity contribution in [1.82, 2.24) is 10.2 Å². The fourth-order valence-electron chi connectivity index (χ4n) is 4.04. The Balaban J connectivity index is 1.93. The highest BCUT2D eigenvalue weighted by Gasteiger charge is 2.31. The average molecular weight is 586 g/mol. The third-order valence-electron chi connectivity index (χ3n) is 6.29. The van der Waals surface area contributed by atoms with E-state index in [9.17, 15) is 9.59 Å². The monoisotopic (exact) mass is 584 g/mol. The van der Waals surface area contributed by atoms with Crippen molar-refractivity contribution < 1.29 is 14.3 Å². The van der Waals surface area contributed by atoms with Crippen LogP contribution in [-0.4, -0.2) is 35.4 Å². The van der Waals surface area contributed by atoms with E-state index in [1.54, 1.807) is 4.90 Å². The molecule has 0 radical (unpaired) electrons. The number of halogens is 2. The smallest absolute Gasteiger partial charge is 0.261 e. The molecule has 0 saturated carbocycles. The van der Waals surface area contributed by atoms with E-state index >= 15 is 0 Å². The molecule has 0 spiro atoms. The third-order valence-corrected chi connectivity index (χ3v) is 7.38. The van der Waals surface area contributed by atoms with Gasteiger partial charge in [0, 0.05) is 28.5 Å². The molecule has 3 aromatic rings. The Morgan fingerprint density at radius 1 is 1.00 bits per heavy atom. The maximum Gasteiger partial charge on any atom is 0.261 e. The number of carbonyl (C=O) groups is 2. The van der Waals surface area contributed by atoms with Crippen LogP contribution in [0.25, 0.3) is 0 Å². The van der Waals surface area contributed by atoms with E-state index in [1.165, 1.54) is 0 Å². The Morgan fingerprint density at radius 3 is 2.27 bits per heavy atom. The lowest BCUT2D eigenvalue weighted by atomic mass is 10.0. The summed E-state index contributed by atoms with van der Waals surface area (Å²) in [6.45, 7) is 7.86. The van der Waals surface area contributed by atoms with Crippen molar-refractivity contribution in [3.63, 3.8) is 0 Å². The second-order valence-electron chi connectivity index (χ2n) is 9.33. The first-order valence-corrected chi connectivity index (χ1v) is 13.6. The van der Waals surface area contributed by atoms with Crippen LogP contribution in [0.2, 0.25) is 5.02 Å². The molecule has 0 aliphatic carbocycles. The van der Waals surface area contributed by atoms with Crippen molar-refractivity contribution in [1.29, 1.82) is 0 Å². The second-order valence-corrected chi connectivity index (χ2v) is 10.6. The van der Waals surface area contributed by atoms with Crippen LogP contribution in [0.4, 0.5) is 0 Å². The second kappa shape index (κ2) is 13.6. The molecular formula is C30H34BrClN2O3. The molecule has 2 amide bonds. The molecule has 0 bridgehead atoms. The third kappa shape index (κ3) is 8.34. The fourth-order valence-corrected chi connectivity index (χ4v) is 4.60. The summed E-state index contributed by atoms with van der Waals surface area (Å²) in [6, 6.07) is 20.4. The van der Waals surface area contributed by atoms with Gasteiger partial charge in [0.15, 0.2) is 6.61 Å². The summed E-state index contributed by atoms with van der Waals surface area (Å²) < 4.78 is 6.83. The first-order valence-electron chi connectivity index (χ1n) is 12.5. The van der Waals surface area contributed by atoms with E-state index in [1.807, 2.05) is 94.4 Å². The van der Waals surface area contributed by atoms with Crippen molar-refractivity contribution in [2.24, 2.45) is 0 Å². The van der Waals surface area contributed by atoms with E-state index in [-0.39, 0.29) is 31.0 Å². The number of aryl methyl sites for hydroxylation is 2. The Labute approximate surface area is 233 Å². The lowest BCUT2D eigenvalue weighted by molar-refractivity contribution is -0.143. The maximum atomic E-state index is 13.7. The van der Waals surface area contributed by atoms with Crippen LogP contribution >= 0.6 is 27.5 Å². The minimum absolute atomic E-state index is 0.00939. The van der Waals surface area contributed by atoms with Gasteiger partial charge >= 0.3 is 0 Å². The quantitative estimate of drug-likeness (QED) is 0.274. The lowest BCUT2D eigenvalue weighted by Gasteiger charge is -2.32. The number of carbonyl (C=O) groups excluding carboxylic acids is 2. The van der Waals surface area contributed by atoms with E-state index in [2.05, 4.69) is 21.2 Å². The number of benzene rings is 3. The number of ether oxygens (including phenoxy) is 1. The van der Waals surface area contributed by atoms with Gasteiger partial charge in [-0.1, -0.05) is 76.9 Å². The fraction of sp³-hybridized carbons (Fsp3) is 0.333. The van der Waals surface area contributed by atoms with Crippen LogP contribution in [0.1, 0.15) is 42.5 Å². The van der Waals surface area contributed by atoms with Gasteiger partial charge in [-0.15, -0.1) is 0 Å². The number of nitrogens with zero attached hydrogens (tertiary/aromatic N) is 1. The Morgan fingerprint density at radius 2 is 1.65 bits per heavy atom. The summed E-state index contributed by atoms with van der Waals surface area (Å²) in [6.07, 6.45) is 1.18. The molecule has 3 rings (SSSR count). The predicted molar refractivity (Wildman–Crippen MR) is 153 cm³/mol. The Hall–Kier alpha value is -2.83. The highest BCUT2D eigenvalue weighted by Crippen LogP contribution is 2.26. The number of nitrogens with one attached hydrogen (secondary N) is 1. The first kappa shape index (κ1) is 28.7. The molecular weight excluding hydrogens is 552 g/mol. The highest BCUT2D eigenvalue weighted by atomic mass is 79.9. The summed E-state index contributed by atoms with van der Waals surface area (Å²) in [5.41, 5.74) is 3.65. The molecule has 3 aromatic carbocycles. The number of hydrogen-bond acceptors (Lipinski definition) is 3. The normalized spacial score (nSPS) is 12.5. The van der Waals surface area contributed by atoms with E-state index in [0.29, 0.717) is 17.2 Å². The molecule has 196 valence electrons. The lowest BCUT2D eigenvalue weighted by Crippen LogP contribution is -2.53. The molecule has 1 N–H and O–H groups in total. The van der Waals surface area contributed by atoms with Crippen LogP contribution in [0.15, 0.2) is 71.2 Å². The minimum Gasteiger partial charge on any atom is -0.484 e. The number of amides is 2. The van der Waals surface area contributed by atoms with Gasteiger partial charge in [-0.25, -0.2) is 0 Å². The van der Waals surface area contributed by atoms with Crippen LogP contribution in [0, 0.1) is 13.8 Å². The topological polar surface area (TPSA) is 58.6 Å². The van der Waals surface area contributed by atoms with Crippen molar-refractivity contribution >= 4 is 39.3 Å². The van der Waals surface area contributed by atoms with Crippen molar-refractivity contribution in [2.75, 3.05) is 6.61 Å². The van der Waals surface area contributed by atoms with Crippen LogP contribution in [-0.2, 0) is 22.6 Å². The number of hydrogen-bond donors (Lipinski definition) is 1. The molecule has 0 saturated heterocycles. The van der Waals surface area contributed by atoms with Gasteiger partial charge in [0.1, 0.15) is 11.8 Å². The predicted octanol–water partition coefficient (Wildman–Crippen LogP) is 6.65. The Kier molecular flexibility index (Phi) is 10.6. The van der Waals surface area contributed by atoms with Gasteiger partial charge in [0.25, 0.3) is 5.91 Å². The summed E-state index contributed by atoms with van der Waals surface area (Å²) in [4.78, 5) is 28.9. The highest BCUT2D eigenvalue weighted by molar-refractivity contribution is 9.10. The van der Waals surface area contributed by atoms with Crippen LogP contribution in [0.5, 0.6) is 5.75 Å². The van der Waals surface area contributed by atoms with Gasteiger partial charge in [-0.2, -0.15) is 0 Å². The maximum absolute atomic E-state index is 13.7. The molecule has 0 aromatic heterocycles. The molecule has 0 heterocycles. The molecule has 2 atom stereocenters. The zero-order valence-corrected chi connectivity index (χ0v) is 24.1. The van der Waals surface area contributed by atoms with E-state index < -0.39 is 6.04 Å². The van der Waals surface area contributed by atoms with Crippen molar-refractivity contribution in [3.05, 3.63) is 98.5 Å². The zero-order chi connectivity index (χ0) is 26.9. The van der Waals surface area contributed by atoms with E-state index in [0.717, 1.165) is 33.1 Å². The Bertz CT molecular complexity index is 1200. The SMILES string of the molecule is CC[C@@H](C)NC(=O)[C@H](Cc1ccccc1)N(Cc1cccc(Br)c1)C(=O)COc1cc(C)c(Cl)c(C)c1. The molecule has 0 aliphatic heterocycles. The summed E-state index contributed by atoms with van der Waals surface area (Å²) in [5.74, 6) is 0.115. The van der Waals surface area contributed by atoms with Crippen LogP contribution in [0.3, 0.4) is 0 Å². The molecule has 0 unspecified atom stereocenters. The summed E-state index contributed by atoms with van der Waals surface area (Å²) in [7, 11) is 0. The average Bonchev–Trinajstić information content (AvgIpc) is 2.88. The molecule has 0 aliphatic rings. The van der Waals surface area contributed by atoms with Gasteiger partial charge in [-0.05, 0) is 73.7 Å². The first-order chi connectivity index (χ1) is 17.7. The summed E-state index contributed by atoms with van der Waals surface area (Å²) >= 11 is 9.81. The van der Waals surface area contributed by atoms with Crippen molar-refractivity contribution in [3.8, 4) is 5.75 Å². The summed E-state index contributed by atoms with van der Waals surface area (Å²) in [5, 5.41) is 3.76. The molecule has 37 heavy (non-hydrogen) atoms.